The first-order valence-electron chi connectivity index (χ1n) is 6.30. The molecule has 0 amide bonds. The van der Waals surface area contributed by atoms with Crippen molar-refractivity contribution in [3.63, 3.8) is 0 Å². The Hall–Kier alpha value is -1.44. The summed E-state index contributed by atoms with van der Waals surface area (Å²) in [6.45, 7) is 1.75. The fourth-order valence-corrected chi connectivity index (χ4v) is 2.51. The smallest absolute Gasteiger partial charge is 0.306 e. The highest BCUT2D eigenvalue weighted by molar-refractivity contribution is 7.89. The Kier molecular flexibility index (Phi) is 6.63. The van der Waals surface area contributed by atoms with Crippen molar-refractivity contribution in [2.24, 2.45) is 0 Å². The Morgan fingerprint density at radius 3 is 2.60 bits per heavy atom. The van der Waals surface area contributed by atoms with Crippen molar-refractivity contribution in [1.82, 2.24) is 4.72 Å². The van der Waals surface area contributed by atoms with Crippen LogP contribution in [-0.2, 0) is 19.6 Å². The largest absolute Gasteiger partial charge is 0.466 e. The number of hydrogen-bond acceptors (Lipinski definition) is 5. The minimum absolute atomic E-state index is 0.130. The van der Waals surface area contributed by atoms with Crippen LogP contribution < -0.4 is 4.72 Å². The van der Waals surface area contributed by atoms with Crippen molar-refractivity contribution in [2.75, 3.05) is 18.9 Å². The van der Waals surface area contributed by atoms with Gasteiger partial charge < -0.3 is 9.84 Å². The van der Waals surface area contributed by atoms with E-state index in [0.717, 1.165) is 0 Å². The fourth-order valence-electron chi connectivity index (χ4n) is 1.52. The SMILES string of the molecule is CCOC(=O)CCS(=O)(=O)NCC(O)c1ccccc1. The van der Waals surface area contributed by atoms with Gasteiger partial charge in [-0.2, -0.15) is 0 Å². The molecule has 1 unspecified atom stereocenters. The molecule has 0 saturated carbocycles. The number of rotatable bonds is 8. The zero-order valence-electron chi connectivity index (χ0n) is 11.3. The van der Waals surface area contributed by atoms with Gasteiger partial charge in [0.1, 0.15) is 0 Å². The summed E-state index contributed by atoms with van der Waals surface area (Å²) in [6, 6.07) is 8.73. The van der Waals surface area contributed by atoms with Crippen molar-refractivity contribution < 1.29 is 23.1 Å². The molecule has 6 nitrogen and oxygen atoms in total. The van der Waals surface area contributed by atoms with Crippen molar-refractivity contribution in [3.8, 4) is 0 Å². The van der Waals surface area contributed by atoms with Crippen LogP contribution in [0.1, 0.15) is 25.0 Å². The third kappa shape index (κ3) is 6.14. The molecule has 20 heavy (non-hydrogen) atoms. The summed E-state index contributed by atoms with van der Waals surface area (Å²) in [5, 5.41) is 9.83. The van der Waals surface area contributed by atoms with Gasteiger partial charge in [0.2, 0.25) is 10.0 Å². The van der Waals surface area contributed by atoms with Crippen LogP contribution in [0.4, 0.5) is 0 Å². The molecular weight excluding hydrogens is 282 g/mol. The molecule has 112 valence electrons. The lowest BCUT2D eigenvalue weighted by molar-refractivity contribution is -0.142. The van der Waals surface area contributed by atoms with E-state index in [1.807, 2.05) is 0 Å². The van der Waals surface area contributed by atoms with E-state index in [1.165, 1.54) is 0 Å². The minimum atomic E-state index is -3.61. The summed E-state index contributed by atoms with van der Waals surface area (Å²) in [6.07, 6.45) is -1.13. The molecule has 0 spiro atoms. The quantitative estimate of drug-likeness (QED) is 0.686. The standard InChI is InChI=1S/C13H19NO5S/c1-2-19-13(16)8-9-20(17,18)14-10-12(15)11-6-4-3-5-7-11/h3-7,12,14-15H,2,8-10H2,1H3. The lowest BCUT2D eigenvalue weighted by atomic mass is 10.1. The second kappa shape index (κ2) is 7.98. The molecule has 0 aliphatic rings. The van der Waals surface area contributed by atoms with Crippen molar-refractivity contribution in [2.45, 2.75) is 19.4 Å². The third-order valence-corrected chi connectivity index (χ3v) is 3.91. The number of nitrogens with one attached hydrogen (secondary N) is 1. The topological polar surface area (TPSA) is 92.7 Å². The number of aliphatic hydroxyl groups excluding tert-OH is 1. The maximum atomic E-state index is 11.6. The Bertz CT molecular complexity index is 515. The molecule has 1 rings (SSSR count). The average Bonchev–Trinajstić information content (AvgIpc) is 2.44. The summed E-state index contributed by atoms with van der Waals surface area (Å²) in [5.41, 5.74) is 0.626. The highest BCUT2D eigenvalue weighted by Crippen LogP contribution is 2.10. The van der Waals surface area contributed by atoms with Crippen LogP contribution in [0.3, 0.4) is 0 Å². The van der Waals surface area contributed by atoms with Crippen LogP contribution >= 0.6 is 0 Å². The average molecular weight is 301 g/mol. The molecule has 1 aromatic carbocycles. The Morgan fingerprint density at radius 2 is 2.00 bits per heavy atom. The number of carbonyl (C=O) groups excluding carboxylic acids is 1. The maximum absolute atomic E-state index is 11.6. The molecular formula is C13H19NO5S. The van der Waals surface area contributed by atoms with Crippen molar-refractivity contribution >= 4 is 16.0 Å². The molecule has 0 saturated heterocycles. The Morgan fingerprint density at radius 1 is 1.35 bits per heavy atom. The highest BCUT2D eigenvalue weighted by atomic mass is 32.2. The van der Waals surface area contributed by atoms with E-state index in [0.29, 0.717) is 5.56 Å². The zero-order valence-corrected chi connectivity index (χ0v) is 12.1. The van der Waals surface area contributed by atoms with Crippen molar-refractivity contribution in [1.29, 1.82) is 0 Å². The van der Waals surface area contributed by atoms with Crippen LogP contribution in [-0.4, -0.2) is 38.4 Å². The van der Waals surface area contributed by atoms with E-state index in [2.05, 4.69) is 9.46 Å². The molecule has 0 radical (unpaired) electrons. The van der Waals surface area contributed by atoms with E-state index >= 15 is 0 Å². The third-order valence-electron chi connectivity index (χ3n) is 2.56. The fraction of sp³-hybridized carbons (Fsp3) is 0.462. The highest BCUT2D eigenvalue weighted by Gasteiger charge is 2.16. The number of esters is 1. The van der Waals surface area contributed by atoms with Gasteiger partial charge in [0.15, 0.2) is 0 Å². The molecule has 0 fully saturated rings. The second-order valence-electron chi connectivity index (χ2n) is 4.15. The molecule has 0 aliphatic heterocycles. The molecule has 2 N–H and O–H groups in total. The van der Waals surface area contributed by atoms with Gasteiger partial charge in [-0.3, -0.25) is 4.79 Å². The number of hydrogen-bond donors (Lipinski definition) is 2. The van der Waals surface area contributed by atoms with Gasteiger partial charge in [0.05, 0.1) is 24.9 Å². The number of carbonyl (C=O) groups is 1. The molecule has 0 aromatic heterocycles. The first-order valence-corrected chi connectivity index (χ1v) is 7.96. The Balaban J connectivity index is 2.41. The monoisotopic (exact) mass is 301 g/mol. The van der Waals surface area contributed by atoms with Crippen LogP contribution in [0.15, 0.2) is 30.3 Å². The molecule has 7 heteroatoms. The van der Waals surface area contributed by atoms with E-state index in [-0.39, 0.29) is 25.3 Å². The molecule has 1 aromatic rings. The van der Waals surface area contributed by atoms with Gasteiger partial charge in [0, 0.05) is 6.54 Å². The van der Waals surface area contributed by atoms with Crippen molar-refractivity contribution in [3.05, 3.63) is 35.9 Å². The second-order valence-corrected chi connectivity index (χ2v) is 6.08. The van der Waals surface area contributed by atoms with E-state index < -0.39 is 22.1 Å². The Labute approximate surface area is 118 Å². The predicted molar refractivity (Wildman–Crippen MR) is 74.4 cm³/mol. The first-order chi connectivity index (χ1) is 9.44. The lowest BCUT2D eigenvalue weighted by Gasteiger charge is -2.12. The van der Waals surface area contributed by atoms with Crippen LogP contribution in [0.5, 0.6) is 0 Å². The lowest BCUT2D eigenvalue weighted by Crippen LogP contribution is -2.31. The normalized spacial score (nSPS) is 12.9. The van der Waals surface area contributed by atoms with Gasteiger partial charge in [-0.05, 0) is 12.5 Å². The summed E-state index contributed by atoms with van der Waals surface area (Å²) >= 11 is 0. The number of aliphatic hydroxyl groups is 1. The molecule has 1 atom stereocenters. The van der Waals surface area contributed by atoms with E-state index in [9.17, 15) is 18.3 Å². The van der Waals surface area contributed by atoms with Crippen LogP contribution in [0, 0.1) is 0 Å². The molecule has 0 bridgehead atoms. The van der Waals surface area contributed by atoms with Gasteiger partial charge in [0.25, 0.3) is 0 Å². The summed E-state index contributed by atoms with van der Waals surface area (Å²) in [7, 11) is -3.61. The molecule has 0 aliphatic carbocycles. The molecule has 0 heterocycles. The van der Waals surface area contributed by atoms with Gasteiger partial charge in [-0.1, -0.05) is 30.3 Å². The van der Waals surface area contributed by atoms with Gasteiger partial charge in [-0.25, -0.2) is 13.1 Å². The zero-order chi connectivity index (χ0) is 15.0. The minimum Gasteiger partial charge on any atom is -0.466 e. The van der Waals surface area contributed by atoms with E-state index in [1.54, 1.807) is 37.3 Å². The van der Waals surface area contributed by atoms with Gasteiger partial charge >= 0.3 is 5.97 Å². The van der Waals surface area contributed by atoms with Crippen LogP contribution in [0.25, 0.3) is 0 Å². The summed E-state index contributed by atoms with van der Waals surface area (Å²) < 4.78 is 30.2. The number of sulfonamides is 1. The number of ether oxygens (including phenoxy) is 1. The summed E-state index contributed by atoms with van der Waals surface area (Å²) in [5.74, 6) is -0.908. The number of benzene rings is 1. The predicted octanol–water partition coefficient (Wildman–Crippen LogP) is 0.593. The maximum Gasteiger partial charge on any atom is 0.306 e. The first kappa shape index (κ1) is 16.6. The van der Waals surface area contributed by atoms with Gasteiger partial charge in [-0.15, -0.1) is 0 Å². The van der Waals surface area contributed by atoms with Crippen LogP contribution in [0.2, 0.25) is 0 Å². The van der Waals surface area contributed by atoms with E-state index in [4.69, 9.17) is 0 Å². The summed E-state index contributed by atoms with van der Waals surface area (Å²) in [4.78, 5) is 11.1.